The van der Waals surface area contributed by atoms with Crippen LogP contribution in [0.2, 0.25) is 0 Å². The first-order valence-corrected chi connectivity index (χ1v) is 9.01. The SMILES string of the molecule is Cc1cc(-c2cc3ccccn3c2C=O)c(C)cc1OCc1ccccc1. The molecule has 2 aromatic heterocycles. The summed E-state index contributed by atoms with van der Waals surface area (Å²) in [6, 6.07) is 22.3. The summed E-state index contributed by atoms with van der Waals surface area (Å²) in [5.41, 5.74) is 6.97. The summed E-state index contributed by atoms with van der Waals surface area (Å²) in [5.74, 6) is 0.872. The Hall–Kier alpha value is -3.33. The molecule has 0 saturated heterocycles. The van der Waals surface area contributed by atoms with Gasteiger partial charge >= 0.3 is 0 Å². The molecule has 27 heavy (non-hydrogen) atoms. The smallest absolute Gasteiger partial charge is 0.167 e. The van der Waals surface area contributed by atoms with Crippen LogP contribution in [0.15, 0.2) is 72.9 Å². The molecule has 0 aliphatic rings. The van der Waals surface area contributed by atoms with Crippen molar-refractivity contribution < 1.29 is 9.53 Å². The predicted octanol–water partition coefficient (Wildman–Crippen LogP) is 5.61. The molecular weight excluding hydrogens is 334 g/mol. The van der Waals surface area contributed by atoms with Gasteiger partial charge in [0.15, 0.2) is 6.29 Å². The molecule has 0 aliphatic carbocycles. The number of hydrogen-bond acceptors (Lipinski definition) is 2. The average molecular weight is 355 g/mol. The van der Waals surface area contributed by atoms with Crippen LogP contribution in [-0.2, 0) is 6.61 Å². The zero-order valence-corrected chi connectivity index (χ0v) is 15.5. The maximum Gasteiger partial charge on any atom is 0.167 e. The van der Waals surface area contributed by atoms with E-state index in [1.165, 1.54) is 0 Å². The van der Waals surface area contributed by atoms with Crippen LogP contribution >= 0.6 is 0 Å². The van der Waals surface area contributed by atoms with Gasteiger partial charge in [-0.1, -0.05) is 36.4 Å². The molecule has 0 radical (unpaired) electrons. The zero-order valence-electron chi connectivity index (χ0n) is 15.5. The first kappa shape index (κ1) is 17.1. The Morgan fingerprint density at radius 1 is 0.889 bits per heavy atom. The third-order valence-corrected chi connectivity index (χ3v) is 4.88. The number of pyridine rings is 1. The molecule has 4 rings (SSSR count). The van der Waals surface area contributed by atoms with E-state index in [9.17, 15) is 4.79 Å². The molecule has 0 aliphatic heterocycles. The molecule has 2 heterocycles. The largest absolute Gasteiger partial charge is 0.489 e. The molecule has 0 saturated carbocycles. The maximum atomic E-state index is 11.8. The Bertz CT molecular complexity index is 1110. The van der Waals surface area contributed by atoms with E-state index in [4.69, 9.17) is 4.74 Å². The van der Waals surface area contributed by atoms with Gasteiger partial charge in [0.2, 0.25) is 0 Å². The molecular formula is C24H21NO2. The Morgan fingerprint density at radius 2 is 1.67 bits per heavy atom. The molecule has 3 nitrogen and oxygen atoms in total. The van der Waals surface area contributed by atoms with Crippen molar-refractivity contribution in [2.45, 2.75) is 20.5 Å². The Labute approximate surface area is 158 Å². The highest BCUT2D eigenvalue weighted by Crippen LogP contribution is 2.34. The van der Waals surface area contributed by atoms with Gasteiger partial charge in [-0.15, -0.1) is 0 Å². The molecule has 2 aromatic carbocycles. The Morgan fingerprint density at radius 3 is 2.44 bits per heavy atom. The number of aldehydes is 1. The van der Waals surface area contributed by atoms with Crippen LogP contribution in [0.1, 0.15) is 27.2 Å². The van der Waals surface area contributed by atoms with E-state index in [0.29, 0.717) is 12.3 Å². The number of carbonyl (C=O) groups is 1. The molecule has 0 fully saturated rings. The second-order valence-electron chi connectivity index (χ2n) is 6.76. The van der Waals surface area contributed by atoms with Crippen LogP contribution in [0.25, 0.3) is 16.6 Å². The van der Waals surface area contributed by atoms with Gasteiger partial charge in [-0.3, -0.25) is 4.79 Å². The molecule has 0 bridgehead atoms. The van der Waals surface area contributed by atoms with E-state index in [1.54, 1.807) is 0 Å². The summed E-state index contributed by atoms with van der Waals surface area (Å²) in [5, 5.41) is 0. The van der Waals surface area contributed by atoms with Crippen molar-refractivity contribution in [3.63, 3.8) is 0 Å². The molecule has 0 amide bonds. The van der Waals surface area contributed by atoms with E-state index in [1.807, 2.05) is 53.9 Å². The van der Waals surface area contributed by atoms with Crippen molar-refractivity contribution in [3.8, 4) is 16.9 Å². The topological polar surface area (TPSA) is 30.7 Å². The van der Waals surface area contributed by atoms with E-state index < -0.39 is 0 Å². The van der Waals surface area contributed by atoms with Crippen molar-refractivity contribution in [1.29, 1.82) is 0 Å². The van der Waals surface area contributed by atoms with Crippen LogP contribution in [-0.4, -0.2) is 10.7 Å². The minimum absolute atomic E-state index is 0.538. The summed E-state index contributed by atoms with van der Waals surface area (Å²) < 4.78 is 7.96. The summed E-state index contributed by atoms with van der Waals surface area (Å²) in [6.45, 7) is 4.64. The number of fused-ring (bicyclic) bond motifs is 1. The van der Waals surface area contributed by atoms with E-state index in [2.05, 4.69) is 37.3 Å². The Balaban J connectivity index is 1.71. The number of hydrogen-bond donors (Lipinski definition) is 0. The molecule has 134 valence electrons. The lowest BCUT2D eigenvalue weighted by atomic mass is 9.98. The molecule has 0 spiro atoms. The number of carbonyl (C=O) groups excluding carboxylic acids is 1. The van der Waals surface area contributed by atoms with E-state index in [0.717, 1.165) is 45.4 Å². The van der Waals surface area contributed by atoms with Crippen molar-refractivity contribution in [2.24, 2.45) is 0 Å². The minimum atomic E-state index is 0.538. The van der Waals surface area contributed by atoms with Gasteiger partial charge in [0, 0.05) is 17.3 Å². The highest BCUT2D eigenvalue weighted by Gasteiger charge is 2.15. The van der Waals surface area contributed by atoms with Gasteiger partial charge in [0.05, 0.1) is 5.69 Å². The lowest BCUT2D eigenvalue weighted by Gasteiger charge is -2.13. The van der Waals surface area contributed by atoms with Crippen LogP contribution in [0, 0.1) is 13.8 Å². The molecule has 4 aromatic rings. The van der Waals surface area contributed by atoms with Gasteiger partial charge in [-0.25, -0.2) is 0 Å². The lowest BCUT2D eigenvalue weighted by Crippen LogP contribution is -1.99. The summed E-state index contributed by atoms with van der Waals surface area (Å²) in [6.07, 6.45) is 2.85. The van der Waals surface area contributed by atoms with Crippen molar-refractivity contribution >= 4 is 11.8 Å². The van der Waals surface area contributed by atoms with Gasteiger partial charge in [0.1, 0.15) is 12.4 Å². The quantitative estimate of drug-likeness (QED) is 0.435. The number of rotatable bonds is 5. The summed E-state index contributed by atoms with van der Waals surface area (Å²) in [7, 11) is 0. The Kier molecular flexibility index (Phi) is 4.51. The fourth-order valence-corrected chi connectivity index (χ4v) is 3.45. The van der Waals surface area contributed by atoms with Crippen LogP contribution < -0.4 is 4.74 Å². The van der Waals surface area contributed by atoms with Crippen LogP contribution in [0.4, 0.5) is 0 Å². The fraction of sp³-hybridized carbons (Fsp3) is 0.125. The fourth-order valence-electron chi connectivity index (χ4n) is 3.45. The van der Waals surface area contributed by atoms with Crippen molar-refractivity contribution in [1.82, 2.24) is 4.40 Å². The molecule has 3 heteroatoms. The van der Waals surface area contributed by atoms with Gasteiger partial charge in [0.25, 0.3) is 0 Å². The second kappa shape index (κ2) is 7.12. The van der Waals surface area contributed by atoms with Crippen LogP contribution in [0.3, 0.4) is 0 Å². The average Bonchev–Trinajstić information content (AvgIpc) is 3.07. The first-order valence-electron chi connectivity index (χ1n) is 9.01. The van der Waals surface area contributed by atoms with E-state index in [-0.39, 0.29) is 0 Å². The first-order chi connectivity index (χ1) is 13.2. The highest BCUT2D eigenvalue weighted by molar-refractivity contribution is 5.91. The van der Waals surface area contributed by atoms with Crippen molar-refractivity contribution in [2.75, 3.05) is 0 Å². The number of benzene rings is 2. The minimum Gasteiger partial charge on any atom is -0.489 e. The summed E-state index contributed by atoms with van der Waals surface area (Å²) >= 11 is 0. The summed E-state index contributed by atoms with van der Waals surface area (Å²) in [4.78, 5) is 11.8. The third kappa shape index (κ3) is 3.24. The highest BCUT2D eigenvalue weighted by atomic mass is 16.5. The van der Waals surface area contributed by atoms with Crippen molar-refractivity contribution in [3.05, 3.63) is 95.3 Å². The number of nitrogens with zero attached hydrogens (tertiary/aromatic N) is 1. The lowest BCUT2D eigenvalue weighted by molar-refractivity contribution is 0.111. The molecule has 0 atom stereocenters. The monoisotopic (exact) mass is 355 g/mol. The van der Waals surface area contributed by atoms with Crippen LogP contribution in [0.5, 0.6) is 5.75 Å². The zero-order chi connectivity index (χ0) is 18.8. The van der Waals surface area contributed by atoms with E-state index >= 15 is 0 Å². The standard InChI is InChI=1S/C24H21NO2/c1-17-13-24(27-16-19-8-4-3-5-9-19)18(2)12-21(17)22-14-20-10-6-7-11-25(20)23(22)15-26/h3-15H,16H2,1-2H3. The van der Waals surface area contributed by atoms with Gasteiger partial charge in [-0.05, 0) is 66.4 Å². The van der Waals surface area contributed by atoms with Gasteiger partial charge in [-0.2, -0.15) is 0 Å². The number of aryl methyl sites for hydroxylation is 2. The predicted molar refractivity (Wildman–Crippen MR) is 108 cm³/mol. The number of aromatic nitrogens is 1. The third-order valence-electron chi connectivity index (χ3n) is 4.88. The molecule has 0 unspecified atom stereocenters. The number of ether oxygens (including phenoxy) is 1. The van der Waals surface area contributed by atoms with Gasteiger partial charge < -0.3 is 9.14 Å². The molecule has 0 N–H and O–H groups in total. The second-order valence-corrected chi connectivity index (χ2v) is 6.76. The normalized spacial score (nSPS) is 10.9. The maximum absolute atomic E-state index is 11.8.